The second-order valence-electron chi connectivity index (χ2n) is 5.55. The van der Waals surface area contributed by atoms with Gasteiger partial charge in [-0.25, -0.2) is 4.68 Å². The Balaban J connectivity index is 1.96. The second-order valence-corrected chi connectivity index (χ2v) is 5.55. The van der Waals surface area contributed by atoms with Crippen molar-refractivity contribution in [1.82, 2.24) is 9.78 Å². The van der Waals surface area contributed by atoms with Gasteiger partial charge in [0.15, 0.2) is 0 Å². The van der Waals surface area contributed by atoms with Gasteiger partial charge in [-0.15, -0.1) is 0 Å². The molecule has 1 aliphatic rings. The first-order valence-electron chi connectivity index (χ1n) is 7.21. The first-order chi connectivity index (χ1) is 10.3. The van der Waals surface area contributed by atoms with E-state index in [4.69, 9.17) is 0 Å². The van der Waals surface area contributed by atoms with Gasteiger partial charge in [0.05, 0.1) is 5.69 Å². The Kier molecular flexibility index (Phi) is 2.74. The third-order valence-corrected chi connectivity index (χ3v) is 3.96. The lowest BCUT2D eigenvalue weighted by Crippen LogP contribution is -1.98. The van der Waals surface area contributed by atoms with Gasteiger partial charge in [0.25, 0.3) is 0 Å². The molecule has 0 unspecified atom stereocenters. The van der Waals surface area contributed by atoms with Gasteiger partial charge in [-0.3, -0.25) is 0 Å². The molecule has 0 saturated carbocycles. The fraction of sp³-hybridized carbons (Fsp3) is 0.105. The Morgan fingerprint density at radius 2 is 1.90 bits per heavy atom. The molecule has 21 heavy (non-hydrogen) atoms. The predicted octanol–water partition coefficient (Wildman–Crippen LogP) is 4.50. The smallest absolute Gasteiger partial charge is 0.0655 e. The van der Waals surface area contributed by atoms with Crippen molar-refractivity contribution >= 4 is 6.08 Å². The molecule has 1 aromatic heterocycles. The van der Waals surface area contributed by atoms with Crippen molar-refractivity contribution in [1.29, 1.82) is 0 Å². The monoisotopic (exact) mass is 272 g/mol. The molecule has 0 bridgehead atoms. The summed E-state index contributed by atoms with van der Waals surface area (Å²) in [5.74, 6) is 0. The van der Waals surface area contributed by atoms with Crippen LogP contribution < -0.4 is 0 Å². The van der Waals surface area contributed by atoms with Crippen LogP contribution in [0.15, 0.2) is 66.5 Å². The number of aromatic nitrogens is 2. The third-order valence-electron chi connectivity index (χ3n) is 3.96. The van der Waals surface area contributed by atoms with E-state index in [-0.39, 0.29) is 0 Å². The predicted molar refractivity (Wildman–Crippen MR) is 86.4 cm³/mol. The third kappa shape index (κ3) is 2.09. The van der Waals surface area contributed by atoms with Gasteiger partial charge in [-0.1, -0.05) is 42.0 Å². The van der Waals surface area contributed by atoms with Crippen molar-refractivity contribution in [2.45, 2.75) is 13.3 Å². The number of nitrogens with zero attached hydrogens (tertiary/aromatic N) is 2. The van der Waals surface area contributed by atoms with Crippen LogP contribution in [-0.2, 0) is 6.42 Å². The molecule has 0 aliphatic heterocycles. The molecule has 1 heterocycles. The van der Waals surface area contributed by atoms with Crippen molar-refractivity contribution in [3.05, 3.63) is 77.6 Å². The molecule has 4 rings (SSSR count). The highest BCUT2D eigenvalue weighted by Crippen LogP contribution is 2.35. The first-order valence-corrected chi connectivity index (χ1v) is 7.21. The molecule has 2 aromatic carbocycles. The number of benzene rings is 2. The number of hydrogen-bond acceptors (Lipinski definition) is 1. The molecule has 0 saturated heterocycles. The van der Waals surface area contributed by atoms with Crippen LogP contribution in [0, 0.1) is 0 Å². The van der Waals surface area contributed by atoms with Gasteiger partial charge in [-0.2, -0.15) is 5.10 Å². The second kappa shape index (κ2) is 4.74. The summed E-state index contributed by atoms with van der Waals surface area (Å²) in [4.78, 5) is 0. The van der Waals surface area contributed by atoms with Crippen molar-refractivity contribution in [3.8, 4) is 16.8 Å². The van der Waals surface area contributed by atoms with Crippen molar-refractivity contribution < 1.29 is 0 Å². The summed E-state index contributed by atoms with van der Waals surface area (Å²) >= 11 is 0. The maximum Gasteiger partial charge on any atom is 0.0655 e. The highest BCUT2D eigenvalue weighted by molar-refractivity contribution is 5.82. The highest BCUT2D eigenvalue weighted by Gasteiger charge is 2.16. The molecule has 2 nitrogen and oxygen atoms in total. The van der Waals surface area contributed by atoms with Gasteiger partial charge in [0, 0.05) is 12.4 Å². The average Bonchev–Trinajstić information content (AvgIpc) is 3.15. The normalized spacial score (nSPS) is 13.1. The topological polar surface area (TPSA) is 17.8 Å². The van der Waals surface area contributed by atoms with E-state index in [1.54, 1.807) is 0 Å². The van der Waals surface area contributed by atoms with Crippen LogP contribution in [0.5, 0.6) is 0 Å². The molecule has 102 valence electrons. The zero-order valence-electron chi connectivity index (χ0n) is 12.0. The Labute approximate surface area is 124 Å². The number of rotatable bonds is 2. The van der Waals surface area contributed by atoms with Crippen LogP contribution in [0.25, 0.3) is 22.9 Å². The van der Waals surface area contributed by atoms with Crippen molar-refractivity contribution in [3.63, 3.8) is 0 Å². The zero-order chi connectivity index (χ0) is 14.2. The molecule has 0 radical (unpaired) electrons. The van der Waals surface area contributed by atoms with Gasteiger partial charge in [0.2, 0.25) is 0 Å². The molecule has 0 amide bonds. The standard InChI is InChI=1S/C19H16N2/c1-14-10-16-12-17(21-9-5-8-20-21)13-19(18(16)11-14)15-6-3-2-4-7-15/h2-9,11-13H,10H2,1H3. The molecular formula is C19H16N2. The molecule has 3 aromatic rings. The van der Waals surface area contributed by atoms with Gasteiger partial charge >= 0.3 is 0 Å². The summed E-state index contributed by atoms with van der Waals surface area (Å²) in [6.07, 6.45) is 7.15. The fourth-order valence-electron chi connectivity index (χ4n) is 3.02. The molecular weight excluding hydrogens is 256 g/mol. The van der Waals surface area contributed by atoms with Crippen LogP contribution >= 0.6 is 0 Å². The molecule has 0 atom stereocenters. The van der Waals surface area contributed by atoms with Crippen molar-refractivity contribution in [2.24, 2.45) is 0 Å². The van der Waals surface area contributed by atoms with E-state index in [0.29, 0.717) is 0 Å². The quantitative estimate of drug-likeness (QED) is 0.671. The summed E-state index contributed by atoms with van der Waals surface area (Å²) in [6.45, 7) is 2.20. The molecule has 0 spiro atoms. The minimum absolute atomic E-state index is 1.03. The van der Waals surface area contributed by atoms with Crippen LogP contribution in [-0.4, -0.2) is 9.78 Å². The van der Waals surface area contributed by atoms with Crippen LogP contribution in [0.4, 0.5) is 0 Å². The first kappa shape index (κ1) is 12.2. The zero-order valence-corrected chi connectivity index (χ0v) is 12.0. The van der Waals surface area contributed by atoms with E-state index in [9.17, 15) is 0 Å². The van der Waals surface area contributed by atoms with Crippen LogP contribution in [0.3, 0.4) is 0 Å². The largest absolute Gasteiger partial charge is 0.241 e. The molecule has 0 N–H and O–H groups in total. The summed E-state index contributed by atoms with van der Waals surface area (Å²) < 4.78 is 1.93. The Morgan fingerprint density at radius 3 is 2.67 bits per heavy atom. The van der Waals surface area contributed by atoms with E-state index < -0.39 is 0 Å². The lowest BCUT2D eigenvalue weighted by molar-refractivity contribution is 0.878. The highest BCUT2D eigenvalue weighted by atomic mass is 15.3. The minimum Gasteiger partial charge on any atom is -0.241 e. The maximum absolute atomic E-state index is 4.37. The summed E-state index contributed by atoms with van der Waals surface area (Å²) in [7, 11) is 0. The minimum atomic E-state index is 1.03. The fourth-order valence-corrected chi connectivity index (χ4v) is 3.02. The Hall–Kier alpha value is -2.61. The van der Waals surface area contributed by atoms with Gasteiger partial charge in [0.1, 0.15) is 0 Å². The average molecular weight is 272 g/mol. The summed E-state index contributed by atoms with van der Waals surface area (Å²) in [5, 5.41) is 4.37. The number of fused-ring (bicyclic) bond motifs is 1. The lowest BCUT2D eigenvalue weighted by Gasteiger charge is -2.12. The van der Waals surface area contributed by atoms with E-state index in [1.165, 1.54) is 27.8 Å². The lowest BCUT2D eigenvalue weighted by atomic mass is 9.96. The van der Waals surface area contributed by atoms with Crippen LogP contribution in [0.2, 0.25) is 0 Å². The molecule has 1 aliphatic carbocycles. The summed E-state index contributed by atoms with van der Waals surface area (Å²) in [5.41, 5.74) is 7.83. The Bertz CT molecular complexity index is 812. The van der Waals surface area contributed by atoms with E-state index in [2.05, 4.69) is 60.6 Å². The van der Waals surface area contributed by atoms with Crippen LogP contribution in [0.1, 0.15) is 18.1 Å². The van der Waals surface area contributed by atoms with Crippen molar-refractivity contribution in [2.75, 3.05) is 0 Å². The maximum atomic E-state index is 4.37. The van der Waals surface area contributed by atoms with Gasteiger partial charge < -0.3 is 0 Å². The Morgan fingerprint density at radius 1 is 1.05 bits per heavy atom. The van der Waals surface area contributed by atoms with Gasteiger partial charge in [-0.05, 0) is 53.8 Å². The van der Waals surface area contributed by atoms with E-state index in [0.717, 1.165) is 12.1 Å². The van der Waals surface area contributed by atoms with E-state index in [1.807, 2.05) is 23.1 Å². The molecule has 2 heteroatoms. The number of hydrogen-bond donors (Lipinski definition) is 0. The summed E-state index contributed by atoms with van der Waals surface area (Å²) in [6, 6.07) is 17.0. The SMILES string of the molecule is CC1=Cc2c(cc(-n3cccn3)cc2-c2ccccc2)C1. The van der Waals surface area contributed by atoms with E-state index >= 15 is 0 Å². The number of allylic oxidation sites excluding steroid dienone is 1. The molecule has 0 fully saturated rings.